The second-order valence-electron chi connectivity index (χ2n) is 3.87. The van der Waals surface area contributed by atoms with Gasteiger partial charge in [0.1, 0.15) is 0 Å². The van der Waals surface area contributed by atoms with Crippen LogP contribution in [0, 0.1) is 6.92 Å². The fourth-order valence-electron chi connectivity index (χ4n) is 1.50. The molecule has 1 aromatic heterocycles. The van der Waals surface area contributed by atoms with Gasteiger partial charge in [0.15, 0.2) is 5.03 Å². The molecule has 0 aliphatic carbocycles. The fraction of sp³-hybridized carbons (Fsp3) is 0.182. The van der Waals surface area contributed by atoms with E-state index in [1.807, 2.05) is 19.1 Å². The molecule has 0 aliphatic heterocycles. The molecule has 0 unspecified atom stereocenters. The summed E-state index contributed by atoms with van der Waals surface area (Å²) in [7, 11) is -3.63. The summed E-state index contributed by atoms with van der Waals surface area (Å²) in [6.07, 6.45) is 2.57. The molecule has 0 atom stereocenters. The summed E-state index contributed by atoms with van der Waals surface area (Å²) in [6.45, 7) is 2.18. The summed E-state index contributed by atoms with van der Waals surface area (Å²) < 4.78 is 26.5. The van der Waals surface area contributed by atoms with Crippen molar-refractivity contribution < 1.29 is 8.42 Å². The number of rotatable bonds is 4. The first-order chi connectivity index (χ1) is 8.53. The molecule has 0 radical (unpaired) electrons. The molecular formula is C11H14N4O2S. The minimum atomic E-state index is -3.63. The predicted octanol–water partition coefficient (Wildman–Crippen LogP) is 0.978. The first-order valence-electron chi connectivity index (χ1n) is 5.34. The van der Waals surface area contributed by atoms with Crippen molar-refractivity contribution in [2.24, 2.45) is 5.73 Å². The number of nitrogens with zero attached hydrogens (tertiary/aromatic N) is 1. The zero-order valence-corrected chi connectivity index (χ0v) is 10.7. The Morgan fingerprint density at radius 1 is 1.44 bits per heavy atom. The SMILES string of the molecule is Cc1ccc(CN)cc1NS(=O)(=O)c1cnc[nH]1. The Morgan fingerprint density at radius 2 is 2.22 bits per heavy atom. The highest BCUT2D eigenvalue weighted by Crippen LogP contribution is 2.20. The van der Waals surface area contributed by atoms with Crippen molar-refractivity contribution in [3.05, 3.63) is 41.9 Å². The Balaban J connectivity index is 2.35. The molecule has 1 heterocycles. The summed E-state index contributed by atoms with van der Waals surface area (Å²) in [5, 5.41) is 0.0278. The minimum Gasteiger partial charge on any atom is -0.334 e. The van der Waals surface area contributed by atoms with E-state index in [0.29, 0.717) is 12.2 Å². The topological polar surface area (TPSA) is 101 Å². The third-order valence-electron chi connectivity index (χ3n) is 2.54. The Labute approximate surface area is 105 Å². The van der Waals surface area contributed by atoms with E-state index >= 15 is 0 Å². The van der Waals surface area contributed by atoms with Gasteiger partial charge in [-0.15, -0.1) is 0 Å². The Kier molecular flexibility index (Phi) is 3.35. The van der Waals surface area contributed by atoms with Gasteiger partial charge in [0, 0.05) is 6.54 Å². The molecule has 0 saturated heterocycles. The average molecular weight is 266 g/mol. The quantitative estimate of drug-likeness (QED) is 0.767. The maximum absolute atomic E-state index is 12.0. The molecule has 2 aromatic rings. The average Bonchev–Trinajstić information content (AvgIpc) is 2.86. The Morgan fingerprint density at radius 3 is 2.83 bits per heavy atom. The van der Waals surface area contributed by atoms with Gasteiger partial charge in [-0.2, -0.15) is 8.42 Å². The van der Waals surface area contributed by atoms with Gasteiger partial charge in [0.05, 0.1) is 18.2 Å². The van der Waals surface area contributed by atoms with Crippen molar-refractivity contribution in [3.8, 4) is 0 Å². The monoisotopic (exact) mass is 266 g/mol. The second-order valence-corrected chi connectivity index (χ2v) is 5.53. The molecule has 0 spiro atoms. The highest BCUT2D eigenvalue weighted by molar-refractivity contribution is 7.92. The lowest BCUT2D eigenvalue weighted by atomic mass is 10.1. The molecule has 1 aromatic carbocycles. The first kappa shape index (κ1) is 12.6. The Bertz CT molecular complexity index is 635. The van der Waals surface area contributed by atoms with E-state index < -0.39 is 10.0 Å². The van der Waals surface area contributed by atoms with E-state index in [2.05, 4.69) is 14.7 Å². The normalized spacial score (nSPS) is 11.4. The number of aromatic nitrogens is 2. The molecule has 7 heteroatoms. The maximum atomic E-state index is 12.0. The number of benzene rings is 1. The van der Waals surface area contributed by atoms with Crippen molar-refractivity contribution in [1.29, 1.82) is 0 Å². The molecule has 4 N–H and O–H groups in total. The molecular weight excluding hydrogens is 252 g/mol. The van der Waals surface area contributed by atoms with Crippen LogP contribution in [0.4, 0.5) is 5.69 Å². The molecule has 18 heavy (non-hydrogen) atoms. The van der Waals surface area contributed by atoms with Crippen LogP contribution in [-0.4, -0.2) is 18.4 Å². The van der Waals surface area contributed by atoms with Crippen LogP contribution < -0.4 is 10.5 Å². The molecule has 0 saturated carbocycles. The highest BCUT2D eigenvalue weighted by atomic mass is 32.2. The van der Waals surface area contributed by atoms with E-state index in [9.17, 15) is 8.42 Å². The number of hydrogen-bond acceptors (Lipinski definition) is 4. The van der Waals surface area contributed by atoms with Crippen LogP contribution in [0.5, 0.6) is 0 Å². The van der Waals surface area contributed by atoms with Crippen molar-refractivity contribution in [1.82, 2.24) is 9.97 Å². The summed E-state index contributed by atoms with van der Waals surface area (Å²) in [5.74, 6) is 0. The molecule has 96 valence electrons. The van der Waals surface area contributed by atoms with Crippen LogP contribution in [0.25, 0.3) is 0 Å². The van der Waals surface area contributed by atoms with Crippen LogP contribution >= 0.6 is 0 Å². The molecule has 2 rings (SSSR count). The zero-order valence-electron chi connectivity index (χ0n) is 9.84. The third kappa shape index (κ3) is 2.52. The summed E-state index contributed by atoms with van der Waals surface area (Å²) in [6, 6.07) is 5.42. The maximum Gasteiger partial charge on any atom is 0.278 e. The largest absolute Gasteiger partial charge is 0.334 e. The van der Waals surface area contributed by atoms with Gasteiger partial charge in [-0.25, -0.2) is 4.98 Å². The van der Waals surface area contributed by atoms with Crippen LogP contribution in [0.1, 0.15) is 11.1 Å². The molecule has 0 fully saturated rings. The number of anilines is 1. The summed E-state index contributed by atoms with van der Waals surface area (Å²) in [5.41, 5.74) is 7.75. The lowest BCUT2D eigenvalue weighted by Crippen LogP contribution is -2.14. The van der Waals surface area contributed by atoms with Crippen LogP contribution in [0.2, 0.25) is 0 Å². The van der Waals surface area contributed by atoms with Gasteiger partial charge >= 0.3 is 0 Å². The lowest BCUT2D eigenvalue weighted by molar-refractivity contribution is 0.598. The molecule has 0 bridgehead atoms. The van der Waals surface area contributed by atoms with E-state index in [0.717, 1.165) is 11.1 Å². The fourth-order valence-corrected chi connectivity index (χ4v) is 2.52. The number of imidazole rings is 1. The van der Waals surface area contributed by atoms with Gasteiger partial charge in [-0.05, 0) is 24.1 Å². The van der Waals surface area contributed by atoms with Crippen LogP contribution in [0.3, 0.4) is 0 Å². The number of nitrogens with one attached hydrogen (secondary N) is 2. The molecule has 6 nitrogen and oxygen atoms in total. The third-order valence-corrected chi connectivity index (χ3v) is 3.84. The number of H-pyrrole nitrogens is 1. The molecule has 0 aliphatic rings. The number of aromatic amines is 1. The van der Waals surface area contributed by atoms with Crippen molar-refractivity contribution in [3.63, 3.8) is 0 Å². The van der Waals surface area contributed by atoms with Crippen molar-refractivity contribution >= 4 is 15.7 Å². The number of aryl methyl sites for hydroxylation is 1. The van der Waals surface area contributed by atoms with Crippen molar-refractivity contribution in [2.45, 2.75) is 18.5 Å². The van der Waals surface area contributed by atoms with E-state index in [1.165, 1.54) is 12.5 Å². The number of hydrogen-bond donors (Lipinski definition) is 3. The lowest BCUT2D eigenvalue weighted by Gasteiger charge is -2.10. The smallest absolute Gasteiger partial charge is 0.278 e. The van der Waals surface area contributed by atoms with Gasteiger partial charge in [-0.3, -0.25) is 4.72 Å². The number of nitrogens with two attached hydrogens (primary N) is 1. The van der Waals surface area contributed by atoms with Gasteiger partial charge in [-0.1, -0.05) is 12.1 Å². The van der Waals surface area contributed by atoms with Crippen LogP contribution in [0.15, 0.2) is 35.7 Å². The standard InChI is InChI=1S/C11H14N4O2S/c1-8-2-3-9(5-12)4-10(8)15-18(16,17)11-6-13-7-14-11/h2-4,6-7,15H,5,12H2,1H3,(H,13,14). The molecule has 0 amide bonds. The Hall–Kier alpha value is -1.86. The van der Waals surface area contributed by atoms with Crippen LogP contribution in [-0.2, 0) is 16.6 Å². The summed E-state index contributed by atoms with van der Waals surface area (Å²) in [4.78, 5) is 6.25. The highest BCUT2D eigenvalue weighted by Gasteiger charge is 2.16. The van der Waals surface area contributed by atoms with Gasteiger partial charge in [0.25, 0.3) is 10.0 Å². The zero-order chi connectivity index (χ0) is 13.2. The number of sulfonamides is 1. The minimum absolute atomic E-state index is 0.0278. The first-order valence-corrected chi connectivity index (χ1v) is 6.82. The van der Waals surface area contributed by atoms with E-state index in [-0.39, 0.29) is 5.03 Å². The van der Waals surface area contributed by atoms with Gasteiger partial charge in [0.2, 0.25) is 0 Å². The van der Waals surface area contributed by atoms with E-state index in [1.54, 1.807) is 6.07 Å². The summed E-state index contributed by atoms with van der Waals surface area (Å²) >= 11 is 0. The second kappa shape index (κ2) is 4.79. The predicted molar refractivity (Wildman–Crippen MR) is 68.5 cm³/mol. The van der Waals surface area contributed by atoms with Gasteiger partial charge < -0.3 is 10.7 Å². The van der Waals surface area contributed by atoms with E-state index in [4.69, 9.17) is 5.73 Å². The van der Waals surface area contributed by atoms with Crippen molar-refractivity contribution in [2.75, 3.05) is 4.72 Å².